The van der Waals surface area contributed by atoms with Gasteiger partial charge in [0.1, 0.15) is 0 Å². The molecule has 0 saturated carbocycles. The fourth-order valence-corrected chi connectivity index (χ4v) is 1.62. The first kappa shape index (κ1) is 10.7. The fourth-order valence-electron chi connectivity index (χ4n) is 1.62. The van der Waals surface area contributed by atoms with E-state index in [1.165, 1.54) is 0 Å². The second-order valence-electron chi connectivity index (χ2n) is 3.49. The van der Waals surface area contributed by atoms with E-state index < -0.39 is 0 Å². The molecule has 0 aliphatic carbocycles. The molecule has 0 radical (unpaired) electrons. The molecule has 2 atom stereocenters. The van der Waals surface area contributed by atoms with E-state index in [9.17, 15) is 0 Å². The van der Waals surface area contributed by atoms with Crippen molar-refractivity contribution in [2.75, 3.05) is 26.2 Å². The maximum absolute atomic E-state index is 5.95. The molecule has 0 spiro atoms. The predicted octanol–water partition coefficient (Wildman–Crippen LogP) is 0.611. The van der Waals surface area contributed by atoms with E-state index in [-0.39, 0.29) is 12.1 Å². The first-order chi connectivity index (χ1) is 6.27. The smallest absolute Gasteiger partial charge is 0.0856 e. The minimum absolute atomic E-state index is 0.104. The molecule has 1 aliphatic heterocycles. The first-order valence-electron chi connectivity index (χ1n) is 4.98. The Bertz CT molecular complexity index is 161. The largest absolute Gasteiger partial charge is 0.374 e. The highest BCUT2D eigenvalue weighted by Crippen LogP contribution is 2.09. The van der Waals surface area contributed by atoms with Crippen LogP contribution in [0.3, 0.4) is 0 Å². The van der Waals surface area contributed by atoms with Gasteiger partial charge in [0.15, 0.2) is 0 Å². The number of ether oxygens (including phenoxy) is 1. The highest BCUT2D eigenvalue weighted by molar-refractivity contribution is 4.85. The molecule has 2 unspecified atom stereocenters. The van der Waals surface area contributed by atoms with Crippen LogP contribution in [-0.2, 0) is 4.74 Å². The van der Waals surface area contributed by atoms with Gasteiger partial charge in [-0.05, 0) is 13.0 Å². The maximum Gasteiger partial charge on any atom is 0.0856 e. The number of likely N-dealkylation sites (N-methyl/N-ethyl adjacent to an activating group) is 1. The molecular weight excluding hydrogens is 164 g/mol. The van der Waals surface area contributed by atoms with Crippen molar-refractivity contribution in [1.29, 1.82) is 0 Å². The second kappa shape index (κ2) is 5.37. The van der Waals surface area contributed by atoms with E-state index in [2.05, 4.69) is 18.4 Å². The molecular formula is C10H20N2O. The Morgan fingerprint density at radius 2 is 2.54 bits per heavy atom. The van der Waals surface area contributed by atoms with Gasteiger partial charge in [0.25, 0.3) is 0 Å². The first-order valence-corrected chi connectivity index (χ1v) is 4.98. The van der Waals surface area contributed by atoms with Gasteiger partial charge < -0.3 is 10.5 Å². The average molecular weight is 184 g/mol. The number of hydrogen-bond acceptors (Lipinski definition) is 3. The van der Waals surface area contributed by atoms with E-state index in [1.807, 2.05) is 6.08 Å². The summed E-state index contributed by atoms with van der Waals surface area (Å²) in [5, 5.41) is 0. The monoisotopic (exact) mass is 184 g/mol. The molecule has 0 bridgehead atoms. The van der Waals surface area contributed by atoms with Crippen molar-refractivity contribution < 1.29 is 4.74 Å². The van der Waals surface area contributed by atoms with Crippen molar-refractivity contribution in [1.82, 2.24) is 4.90 Å². The molecule has 0 amide bonds. The summed E-state index contributed by atoms with van der Waals surface area (Å²) in [6.45, 7) is 9.75. The van der Waals surface area contributed by atoms with Crippen LogP contribution in [0.15, 0.2) is 12.7 Å². The molecule has 13 heavy (non-hydrogen) atoms. The number of hydrogen-bond donors (Lipinski definition) is 1. The Morgan fingerprint density at radius 3 is 3.15 bits per heavy atom. The van der Waals surface area contributed by atoms with Crippen LogP contribution < -0.4 is 5.73 Å². The van der Waals surface area contributed by atoms with Crippen LogP contribution in [-0.4, -0.2) is 43.3 Å². The number of nitrogens with zero attached hydrogens (tertiary/aromatic N) is 1. The van der Waals surface area contributed by atoms with Crippen molar-refractivity contribution in [3.63, 3.8) is 0 Å². The van der Waals surface area contributed by atoms with Crippen molar-refractivity contribution >= 4 is 0 Å². The van der Waals surface area contributed by atoms with Gasteiger partial charge in [-0.2, -0.15) is 0 Å². The third-order valence-corrected chi connectivity index (χ3v) is 2.54. The van der Waals surface area contributed by atoms with Crippen molar-refractivity contribution in [3.8, 4) is 0 Å². The lowest BCUT2D eigenvalue weighted by Crippen LogP contribution is -2.50. The molecule has 1 fully saturated rings. The Hall–Kier alpha value is -0.380. The molecule has 3 heteroatoms. The molecule has 1 aliphatic rings. The summed E-state index contributed by atoms with van der Waals surface area (Å²) >= 11 is 0. The molecule has 1 heterocycles. The van der Waals surface area contributed by atoms with Crippen LogP contribution in [0.4, 0.5) is 0 Å². The van der Waals surface area contributed by atoms with Gasteiger partial charge in [-0.15, -0.1) is 6.58 Å². The topological polar surface area (TPSA) is 38.5 Å². The Balaban J connectivity index is 2.36. The summed E-state index contributed by atoms with van der Waals surface area (Å²) < 4.78 is 5.61. The Labute approximate surface area is 80.5 Å². The lowest BCUT2D eigenvalue weighted by atomic mass is 10.1. The second-order valence-corrected chi connectivity index (χ2v) is 3.49. The summed E-state index contributed by atoms with van der Waals surface area (Å²) in [5.41, 5.74) is 5.95. The van der Waals surface area contributed by atoms with E-state index in [4.69, 9.17) is 10.5 Å². The molecule has 1 saturated heterocycles. The van der Waals surface area contributed by atoms with Gasteiger partial charge in [-0.25, -0.2) is 0 Å². The highest BCUT2D eigenvalue weighted by atomic mass is 16.5. The van der Waals surface area contributed by atoms with Gasteiger partial charge in [0, 0.05) is 19.1 Å². The van der Waals surface area contributed by atoms with Crippen molar-refractivity contribution in [2.24, 2.45) is 5.73 Å². The third-order valence-electron chi connectivity index (χ3n) is 2.54. The van der Waals surface area contributed by atoms with Gasteiger partial charge >= 0.3 is 0 Å². The Morgan fingerprint density at radius 1 is 1.77 bits per heavy atom. The molecule has 3 nitrogen and oxygen atoms in total. The van der Waals surface area contributed by atoms with Crippen LogP contribution in [0.1, 0.15) is 13.3 Å². The molecule has 2 N–H and O–H groups in total. The maximum atomic E-state index is 5.95. The SMILES string of the molecule is C=CCC(N)C1CN(CC)CCO1. The Kier molecular flexibility index (Phi) is 4.42. The zero-order valence-electron chi connectivity index (χ0n) is 8.41. The predicted molar refractivity (Wildman–Crippen MR) is 54.6 cm³/mol. The van der Waals surface area contributed by atoms with Crippen molar-refractivity contribution in [3.05, 3.63) is 12.7 Å². The summed E-state index contributed by atoms with van der Waals surface area (Å²) in [6, 6.07) is 0.104. The zero-order chi connectivity index (χ0) is 9.68. The lowest BCUT2D eigenvalue weighted by Gasteiger charge is -2.34. The van der Waals surface area contributed by atoms with Crippen LogP contribution in [0, 0.1) is 0 Å². The van der Waals surface area contributed by atoms with E-state index in [0.717, 1.165) is 32.7 Å². The van der Waals surface area contributed by atoms with E-state index >= 15 is 0 Å². The molecule has 0 aromatic rings. The van der Waals surface area contributed by atoms with Crippen LogP contribution in [0.25, 0.3) is 0 Å². The van der Waals surface area contributed by atoms with Gasteiger partial charge in [0.05, 0.1) is 12.7 Å². The summed E-state index contributed by atoms with van der Waals surface area (Å²) in [7, 11) is 0. The van der Waals surface area contributed by atoms with Crippen LogP contribution >= 0.6 is 0 Å². The van der Waals surface area contributed by atoms with E-state index in [1.54, 1.807) is 0 Å². The van der Waals surface area contributed by atoms with Crippen molar-refractivity contribution in [2.45, 2.75) is 25.5 Å². The summed E-state index contributed by atoms with van der Waals surface area (Å²) in [4.78, 5) is 2.37. The third kappa shape index (κ3) is 3.10. The number of rotatable bonds is 4. The molecule has 76 valence electrons. The van der Waals surface area contributed by atoms with Gasteiger partial charge in [-0.3, -0.25) is 4.90 Å². The van der Waals surface area contributed by atoms with E-state index in [0.29, 0.717) is 0 Å². The molecule has 1 rings (SSSR count). The lowest BCUT2D eigenvalue weighted by molar-refractivity contribution is -0.0381. The van der Waals surface area contributed by atoms with Crippen LogP contribution in [0.2, 0.25) is 0 Å². The highest BCUT2D eigenvalue weighted by Gasteiger charge is 2.23. The van der Waals surface area contributed by atoms with Gasteiger partial charge in [-0.1, -0.05) is 13.0 Å². The molecule has 0 aromatic carbocycles. The fraction of sp³-hybridized carbons (Fsp3) is 0.800. The average Bonchev–Trinajstić information content (AvgIpc) is 2.18. The standard InChI is InChI=1S/C10H20N2O/c1-3-5-9(11)10-8-12(4-2)6-7-13-10/h3,9-10H,1,4-8,11H2,2H3. The quantitative estimate of drug-likeness (QED) is 0.651. The molecule has 0 aromatic heterocycles. The summed E-state index contributed by atoms with van der Waals surface area (Å²) in [6.07, 6.45) is 2.88. The van der Waals surface area contributed by atoms with Crippen LogP contribution in [0.5, 0.6) is 0 Å². The van der Waals surface area contributed by atoms with Gasteiger partial charge in [0.2, 0.25) is 0 Å². The summed E-state index contributed by atoms with van der Waals surface area (Å²) in [5.74, 6) is 0. The minimum atomic E-state index is 0.104. The zero-order valence-corrected chi connectivity index (χ0v) is 8.41. The normalized spacial score (nSPS) is 27.1. The minimum Gasteiger partial charge on any atom is -0.374 e. The number of nitrogens with two attached hydrogens (primary N) is 1. The number of morpholine rings is 1.